The number of methoxy groups -OCH3 is 1. The fraction of sp³-hybridized carbons (Fsp3) is 0.667. The van der Waals surface area contributed by atoms with Gasteiger partial charge >= 0.3 is 0 Å². The summed E-state index contributed by atoms with van der Waals surface area (Å²) in [5.41, 5.74) is 5.71. The summed E-state index contributed by atoms with van der Waals surface area (Å²) in [4.78, 5) is 4.40. The highest BCUT2D eigenvalue weighted by molar-refractivity contribution is 5.01. The average Bonchev–Trinajstić information content (AvgIpc) is 3.12. The molecule has 0 aliphatic carbocycles. The minimum absolute atomic E-state index is 0.355. The minimum atomic E-state index is -0.494. The molecule has 0 atom stereocenters. The van der Waals surface area contributed by atoms with E-state index in [1.165, 1.54) is 0 Å². The minimum Gasteiger partial charge on any atom is -0.370 e. The molecule has 0 saturated heterocycles. The van der Waals surface area contributed by atoms with Gasteiger partial charge in [-0.1, -0.05) is 24.2 Å². The monoisotopic (exact) mass is 280 g/mol. The molecular formula is C12H20N6O2. The average molecular weight is 280 g/mol. The van der Waals surface area contributed by atoms with Gasteiger partial charge in [-0.15, -0.1) is 5.10 Å². The van der Waals surface area contributed by atoms with Gasteiger partial charge in [-0.2, -0.15) is 4.98 Å². The van der Waals surface area contributed by atoms with Crippen LogP contribution in [0.2, 0.25) is 0 Å². The van der Waals surface area contributed by atoms with Crippen molar-refractivity contribution in [3.63, 3.8) is 0 Å². The van der Waals surface area contributed by atoms with Gasteiger partial charge in [-0.3, -0.25) is 0 Å². The molecule has 8 heteroatoms. The second kappa shape index (κ2) is 6.10. The van der Waals surface area contributed by atoms with Crippen LogP contribution in [0.3, 0.4) is 0 Å². The van der Waals surface area contributed by atoms with Crippen molar-refractivity contribution < 1.29 is 9.26 Å². The van der Waals surface area contributed by atoms with Crippen molar-refractivity contribution in [2.24, 2.45) is 5.73 Å². The van der Waals surface area contributed by atoms with E-state index in [1.54, 1.807) is 18.0 Å². The van der Waals surface area contributed by atoms with Gasteiger partial charge in [0.25, 0.3) is 0 Å². The first-order valence-corrected chi connectivity index (χ1v) is 6.64. The lowest BCUT2D eigenvalue weighted by atomic mass is 9.96. The second-order valence-corrected chi connectivity index (χ2v) is 4.53. The highest BCUT2D eigenvalue weighted by atomic mass is 16.5. The molecule has 110 valence electrons. The summed E-state index contributed by atoms with van der Waals surface area (Å²) in [5.74, 6) is 1.04. The van der Waals surface area contributed by atoms with Crippen LogP contribution < -0.4 is 5.73 Å². The van der Waals surface area contributed by atoms with E-state index in [0.29, 0.717) is 24.8 Å². The van der Waals surface area contributed by atoms with Crippen molar-refractivity contribution in [2.75, 3.05) is 7.11 Å². The zero-order valence-corrected chi connectivity index (χ0v) is 12.0. The number of hydrogen-bond acceptors (Lipinski definition) is 7. The molecule has 8 nitrogen and oxygen atoms in total. The van der Waals surface area contributed by atoms with Gasteiger partial charge in [0, 0.05) is 13.7 Å². The van der Waals surface area contributed by atoms with Gasteiger partial charge in [-0.25, -0.2) is 4.68 Å². The van der Waals surface area contributed by atoms with Crippen LogP contribution >= 0.6 is 0 Å². The summed E-state index contributed by atoms with van der Waals surface area (Å²) >= 11 is 0. The first-order chi connectivity index (χ1) is 9.67. The van der Waals surface area contributed by atoms with E-state index >= 15 is 0 Å². The summed E-state index contributed by atoms with van der Waals surface area (Å²) in [5, 5.41) is 11.9. The van der Waals surface area contributed by atoms with Gasteiger partial charge in [0.15, 0.2) is 0 Å². The summed E-state index contributed by atoms with van der Waals surface area (Å²) in [7, 11) is 1.66. The Balaban J connectivity index is 2.16. The fourth-order valence-corrected chi connectivity index (χ4v) is 2.10. The maximum atomic E-state index is 5.57. The number of ether oxygens (including phenoxy) is 1. The molecule has 0 amide bonds. The van der Waals surface area contributed by atoms with Crippen molar-refractivity contribution in [3.8, 4) is 0 Å². The quantitative estimate of drug-likeness (QED) is 0.800. The zero-order chi connectivity index (χ0) is 14.6. The molecule has 0 radical (unpaired) electrons. The van der Waals surface area contributed by atoms with Crippen molar-refractivity contribution >= 4 is 0 Å². The lowest BCUT2D eigenvalue weighted by Crippen LogP contribution is -2.28. The van der Waals surface area contributed by atoms with Gasteiger partial charge in [0.1, 0.15) is 12.1 Å². The normalized spacial score (nSPS) is 12.0. The molecule has 20 heavy (non-hydrogen) atoms. The highest BCUT2D eigenvalue weighted by Crippen LogP contribution is 2.29. The maximum absolute atomic E-state index is 5.57. The molecule has 0 aliphatic rings. The van der Waals surface area contributed by atoms with Gasteiger partial charge in [0.05, 0.1) is 11.9 Å². The van der Waals surface area contributed by atoms with Crippen molar-refractivity contribution in [2.45, 2.75) is 45.4 Å². The number of hydrogen-bond donors (Lipinski definition) is 1. The summed E-state index contributed by atoms with van der Waals surface area (Å²) < 4.78 is 12.5. The number of aromatic nitrogens is 5. The van der Waals surface area contributed by atoms with E-state index in [1.807, 2.05) is 13.8 Å². The molecule has 0 aromatic carbocycles. The zero-order valence-electron chi connectivity index (χ0n) is 12.0. The second-order valence-electron chi connectivity index (χ2n) is 4.53. The summed E-state index contributed by atoms with van der Waals surface area (Å²) in [6.45, 7) is 4.79. The highest BCUT2D eigenvalue weighted by Gasteiger charge is 2.33. The van der Waals surface area contributed by atoms with E-state index in [0.717, 1.165) is 18.5 Å². The molecule has 2 aromatic heterocycles. The fourth-order valence-electron chi connectivity index (χ4n) is 2.10. The molecule has 0 saturated carbocycles. The Kier molecular flexibility index (Phi) is 4.46. The van der Waals surface area contributed by atoms with Crippen LogP contribution in [0.1, 0.15) is 44.1 Å². The SMILES string of the molecule is CCC(CC)(OC)c1noc(Cn2cc(CN)nn2)n1. The Morgan fingerprint density at radius 1 is 1.40 bits per heavy atom. The first kappa shape index (κ1) is 14.6. The molecule has 0 aliphatic heterocycles. The first-order valence-electron chi connectivity index (χ1n) is 6.64. The predicted octanol–water partition coefficient (Wildman–Crippen LogP) is 0.830. The Labute approximate surface area is 117 Å². The predicted molar refractivity (Wildman–Crippen MR) is 70.6 cm³/mol. The molecule has 0 spiro atoms. The van der Waals surface area contributed by atoms with E-state index in [9.17, 15) is 0 Å². The number of nitrogens with two attached hydrogens (primary N) is 1. The van der Waals surface area contributed by atoms with E-state index in [-0.39, 0.29) is 0 Å². The van der Waals surface area contributed by atoms with E-state index in [4.69, 9.17) is 15.0 Å². The Morgan fingerprint density at radius 2 is 2.15 bits per heavy atom. The third kappa shape index (κ3) is 2.70. The lowest BCUT2D eigenvalue weighted by molar-refractivity contribution is -0.0306. The Hall–Kier alpha value is -1.80. The van der Waals surface area contributed by atoms with Crippen LogP contribution in [0, 0.1) is 0 Å². The lowest BCUT2D eigenvalue weighted by Gasteiger charge is -2.25. The Morgan fingerprint density at radius 3 is 2.70 bits per heavy atom. The van der Waals surface area contributed by atoms with Crippen LogP contribution in [-0.4, -0.2) is 32.2 Å². The third-order valence-electron chi connectivity index (χ3n) is 3.50. The molecule has 0 unspecified atom stereocenters. The van der Waals surface area contributed by atoms with Crippen molar-refractivity contribution in [1.82, 2.24) is 25.1 Å². The molecule has 2 heterocycles. The van der Waals surface area contributed by atoms with Gasteiger partial charge in [0.2, 0.25) is 11.7 Å². The van der Waals surface area contributed by atoms with E-state index in [2.05, 4.69) is 20.5 Å². The topological polar surface area (TPSA) is 105 Å². The standard InChI is InChI=1S/C12H20N6O2/c1-4-12(5-2,19-3)11-14-10(20-16-11)8-18-7-9(6-13)15-17-18/h7H,4-6,8,13H2,1-3H3. The molecule has 2 aromatic rings. The van der Waals surface area contributed by atoms with Crippen LogP contribution in [0.4, 0.5) is 0 Å². The van der Waals surface area contributed by atoms with Gasteiger partial charge < -0.3 is 15.0 Å². The molecule has 0 bridgehead atoms. The maximum Gasteiger partial charge on any atom is 0.248 e. The summed E-state index contributed by atoms with van der Waals surface area (Å²) in [6.07, 6.45) is 3.31. The number of rotatable bonds is 7. The van der Waals surface area contributed by atoms with Crippen LogP contribution in [0.25, 0.3) is 0 Å². The molecule has 0 fully saturated rings. The molecule has 2 rings (SSSR count). The Bertz CT molecular complexity index is 537. The number of nitrogens with zero attached hydrogens (tertiary/aromatic N) is 5. The van der Waals surface area contributed by atoms with E-state index < -0.39 is 5.60 Å². The van der Waals surface area contributed by atoms with Crippen molar-refractivity contribution in [1.29, 1.82) is 0 Å². The van der Waals surface area contributed by atoms with Crippen LogP contribution in [-0.2, 0) is 23.4 Å². The van der Waals surface area contributed by atoms with Gasteiger partial charge in [-0.05, 0) is 12.8 Å². The van der Waals surface area contributed by atoms with Crippen molar-refractivity contribution in [3.05, 3.63) is 23.6 Å². The van der Waals surface area contributed by atoms with Crippen LogP contribution in [0.15, 0.2) is 10.7 Å². The third-order valence-corrected chi connectivity index (χ3v) is 3.50. The molecule has 2 N–H and O–H groups in total. The molecular weight excluding hydrogens is 260 g/mol. The smallest absolute Gasteiger partial charge is 0.248 e. The van der Waals surface area contributed by atoms with Crippen LogP contribution in [0.5, 0.6) is 0 Å². The summed E-state index contributed by atoms with van der Waals surface area (Å²) in [6, 6.07) is 0. The largest absolute Gasteiger partial charge is 0.370 e.